The Hall–Kier alpha value is 0.01000. The van der Waals surface area contributed by atoms with E-state index in [1.165, 1.54) is 0 Å². The fourth-order valence-electron chi connectivity index (χ4n) is 0.244. The lowest BCUT2D eigenvalue weighted by atomic mass is 10.6. The third-order valence-corrected chi connectivity index (χ3v) is 1.36. The first-order valence-corrected chi connectivity index (χ1v) is 4.60. The highest BCUT2D eigenvalue weighted by Gasteiger charge is 1.90. The van der Waals surface area contributed by atoms with E-state index >= 15 is 0 Å². The lowest BCUT2D eigenvalue weighted by molar-refractivity contribution is -0.118. The van der Waals surface area contributed by atoms with Gasteiger partial charge in [0.05, 0.1) is 5.88 Å². The Morgan fingerprint density at radius 3 is 1.75 bits per heavy atom. The van der Waals surface area contributed by atoms with Gasteiger partial charge in [-0.3, -0.25) is 9.59 Å². The first-order valence-electron chi connectivity index (χ1n) is 3.15. The predicted molar refractivity (Wildman–Crippen MR) is 51.0 cm³/mol. The van der Waals surface area contributed by atoms with Crippen molar-refractivity contribution < 1.29 is 9.59 Å². The topological polar surface area (TPSA) is 46.2 Å². The summed E-state index contributed by atoms with van der Waals surface area (Å²) in [5.41, 5.74) is 0. The first kappa shape index (κ1) is 14.5. The van der Waals surface area contributed by atoms with Gasteiger partial charge in [0, 0.05) is 6.54 Å². The summed E-state index contributed by atoms with van der Waals surface area (Å²) in [6.45, 7) is 2.51. The highest BCUT2D eigenvalue weighted by atomic mass is 35.5. The maximum Gasteiger partial charge on any atom is 0.236 e. The predicted octanol–water partition coefficient (Wildman–Crippen LogP) is 1.35. The van der Waals surface area contributed by atoms with Crippen molar-refractivity contribution >= 4 is 46.0 Å². The van der Waals surface area contributed by atoms with Gasteiger partial charge in [0.1, 0.15) is 5.88 Å². The molecule has 3 nitrogen and oxygen atoms in total. The summed E-state index contributed by atoms with van der Waals surface area (Å²) in [6, 6.07) is 0. The quantitative estimate of drug-likeness (QED) is 0.592. The Morgan fingerprint density at radius 1 is 1.25 bits per heavy atom. The molecule has 0 aliphatic rings. The molecule has 0 bridgehead atoms. The van der Waals surface area contributed by atoms with Crippen LogP contribution in [0.3, 0.4) is 0 Å². The van der Waals surface area contributed by atoms with Crippen molar-refractivity contribution in [2.45, 2.75) is 6.92 Å². The van der Waals surface area contributed by atoms with E-state index < -0.39 is 5.24 Å². The van der Waals surface area contributed by atoms with E-state index in [1.807, 2.05) is 6.92 Å². The highest BCUT2D eigenvalue weighted by Crippen LogP contribution is 1.80. The van der Waals surface area contributed by atoms with Crippen LogP contribution < -0.4 is 5.32 Å². The number of halogens is 3. The molecule has 0 aromatic carbocycles. The normalized spacial score (nSPS) is 8.00. The van der Waals surface area contributed by atoms with Gasteiger partial charge in [0.25, 0.3) is 0 Å². The number of amides is 1. The standard InChI is InChI=1S/C4H8ClNO.C2H2Cl2O/c1-2-6-4(7)3-5;3-1-2(4)5/h2-3H2,1H3,(H,6,7);1H2. The Balaban J connectivity index is 0. The molecule has 0 rings (SSSR count). The van der Waals surface area contributed by atoms with Crippen LogP contribution in [-0.4, -0.2) is 29.5 Å². The first-order chi connectivity index (χ1) is 5.58. The lowest BCUT2D eigenvalue weighted by Gasteiger charge is -1.92. The van der Waals surface area contributed by atoms with Gasteiger partial charge in [-0.2, -0.15) is 0 Å². The number of nitrogens with one attached hydrogen (secondary N) is 1. The minimum Gasteiger partial charge on any atom is -0.355 e. The van der Waals surface area contributed by atoms with E-state index in [-0.39, 0.29) is 17.7 Å². The zero-order valence-electron chi connectivity index (χ0n) is 6.57. The largest absolute Gasteiger partial charge is 0.355 e. The second kappa shape index (κ2) is 11.0. The van der Waals surface area contributed by atoms with Gasteiger partial charge < -0.3 is 5.32 Å². The molecule has 6 heteroatoms. The van der Waals surface area contributed by atoms with Crippen molar-refractivity contribution in [2.75, 3.05) is 18.3 Å². The van der Waals surface area contributed by atoms with Crippen molar-refractivity contribution in [3.05, 3.63) is 0 Å². The fourth-order valence-corrected chi connectivity index (χ4v) is 0.339. The van der Waals surface area contributed by atoms with Gasteiger partial charge in [-0.15, -0.1) is 23.2 Å². The Labute approximate surface area is 86.4 Å². The molecular weight excluding hydrogens is 224 g/mol. The van der Waals surface area contributed by atoms with E-state index in [0.717, 1.165) is 0 Å². The molecule has 0 aromatic heterocycles. The second-order valence-electron chi connectivity index (χ2n) is 1.58. The van der Waals surface area contributed by atoms with E-state index in [4.69, 9.17) is 34.8 Å². The molecule has 0 saturated heterocycles. The SMILES string of the molecule is CCNC(=O)CCl.O=C(Cl)CCl. The van der Waals surface area contributed by atoms with Crippen LogP contribution in [0.5, 0.6) is 0 Å². The van der Waals surface area contributed by atoms with Crippen molar-refractivity contribution in [3.63, 3.8) is 0 Å². The van der Waals surface area contributed by atoms with E-state index in [9.17, 15) is 9.59 Å². The number of hydrogen-bond acceptors (Lipinski definition) is 2. The van der Waals surface area contributed by atoms with Crippen LogP contribution in [0.2, 0.25) is 0 Å². The molecule has 0 heterocycles. The van der Waals surface area contributed by atoms with E-state index in [2.05, 4.69) is 5.32 Å². The number of rotatable bonds is 3. The van der Waals surface area contributed by atoms with Crippen molar-refractivity contribution in [3.8, 4) is 0 Å². The van der Waals surface area contributed by atoms with Crippen molar-refractivity contribution in [1.82, 2.24) is 5.32 Å². The third-order valence-electron chi connectivity index (χ3n) is 0.600. The number of carbonyl (C=O) groups excluding carboxylic acids is 2. The van der Waals surface area contributed by atoms with Gasteiger partial charge in [0.2, 0.25) is 11.1 Å². The zero-order valence-corrected chi connectivity index (χ0v) is 8.84. The highest BCUT2D eigenvalue weighted by molar-refractivity contribution is 6.67. The van der Waals surface area contributed by atoms with Crippen LogP contribution in [0.4, 0.5) is 0 Å². The summed E-state index contributed by atoms with van der Waals surface area (Å²) in [5, 5.41) is 2.02. The summed E-state index contributed by atoms with van der Waals surface area (Å²) in [5.74, 6) is -0.140. The Morgan fingerprint density at radius 2 is 1.67 bits per heavy atom. The van der Waals surface area contributed by atoms with Crippen molar-refractivity contribution in [1.29, 1.82) is 0 Å². The average Bonchev–Trinajstić information content (AvgIpc) is 2.06. The third kappa shape index (κ3) is 16.5. The summed E-state index contributed by atoms with van der Waals surface area (Å²) in [4.78, 5) is 19.6. The van der Waals surface area contributed by atoms with Crippen molar-refractivity contribution in [2.24, 2.45) is 0 Å². The zero-order chi connectivity index (χ0) is 9.98. The van der Waals surface area contributed by atoms with E-state index in [0.29, 0.717) is 6.54 Å². The summed E-state index contributed by atoms with van der Waals surface area (Å²) < 4.78 is 0. The summed E-state index contributed by atoms with van der Waals surface area (Å²) in [7, 11) is 0. The maximum absolute atomic E-state index is 10.2. The van der Waals surface area contributed by atoms with Crippen LogP contribution in [-0.2, 0) is 9.59 Å². The van der Waals surface area contributed by atoms with Gasteiger partial charge in [0.15, 0.2) is 0 Å². The molecule has 0 aliphatic heterocycles. The number of carbonyl (C=O) groups is 2. The molecule has 72 valence electrons. The van der Waals surface area contributed by atoms with Gasteiger partial charge in [-0.1, -0.05) is 0 Å². The number of alkyl halides is 2. The monoisotopic (exact) mass is 233 g/mol. The maximum atomic E-state index is 10.2. The van der Waals surface area contributed by atoms with Crippen LogP contribution in [0, 0.1) is 0 Å². The van der Waals surface area contributed by atoms with E-state index in [1.54, 1.807) is 0 Å². The molecule has 12 heavy (non-hydrogen) atoms. The van der Waals surface area contributed by atoms with Gasteiger partial charge >= 0.3 is 0 Å². The molecule has 0 unspecified atom stereocenters. The molecule has 0 spiro atoms. The van der Waals surface area contributed by atoms with Gasteiger partial charge in [-0.25, -0.2) is 0 Å². The lowest BCUT2D eigenvalue weighted by Crippen LogP contribution is -2.23. The van der Waals surface area contributed by atoms with Crippen LogP contribution >= 0.6 is 34.8 Å². The van der Waals surface area contributed by atoms with Crippen LogP contribution in [0.15, 0.2) is 0 Å². The van der Waals surface area contributed by atoms with Crippen LogP contribution in [0.1, 0.15) is 6.92 Å². The minimum atomic E-state index is -0.508. The molecule has 0 aromatic rings. The summed E-state index contributed by atoms with van der Waals surface area (Å²) >= 11 is 14.7. The molecule has 1 amide bonds. The molecule has 0 aliphatic carbocycles. The summed E-state index contributed by atoms with van der Waals surface area (Å²) in [6.07, 6.45) is 0. The Kier molecular flexibility index (Phi) is 13.3. The Bertz CT molecular complexity index is 141. The second-order valence-corrected chi connectivity index (χ2v) is 2.53. The molecular formula is C6H10Cl3NO2. The minimum absolute atomic E-state index is 0.0633. The molecule has 0 saturated carbocycles. The molecule has 0 radical (unpaired) electrons. The number of hydrogen-bond donors (Lipinski definition) is 1. The smallest absolute Gasteiger partial charge is 0.236 e. The molecule has 0 fully saturated rings. The molecule has 0 atom stereocenters. The van der Waals surface area contributed by atoms with Crippen LogP contribution in [0.25, 0.3) is 0 Å². The average molecular weight is 235 g/mol. The van der Waals surface area contributed by atoms with Gasteiger partial charge in [-0.05, 0) is 18.5 Å². The molecule has 1 N–H and O–H groups in total. The fraction of sp³-hybridized carbons (Fsp3) is 0.667.